The molecule has 0 aliphatic carbocycles. The minimum Gasteiger partial charge on any atom is -0.463 e. The standard InChI is InChI=1S/C13H20N2O3S/c1-17-13(16)12-11(2-7-18-12)10-14-3-4-15-5-8-19-9-6-15/h2,7,14H,3-6,8-10H2,1H3. The van der Waals surface area contributed by atoms with Gasteiger partial charge < -0.3 is 19.4 Å². The van der Waals surface area contributed by atoms with E-state index in [9.17, 15) is 4.79 Å². The molecule has 1 N–H and O–H groups in total. The van der Waals surface area contributed by atoms with Gasteiger partial charge in [0.1, 0.15) is 0 Å². The highest BCUT2D eigenvalue weighted by atomic mass is 32.2. The van der Waals surface area contributed by atoms with Gasteiger partial charge in [-0.1, -0.05) is 0 Å². The maximum atomic E-state index is 11.4. The second-order valence-corrected chi connectivity index (χ2v) is 5.62. The van der Waals surface area contributed by atoms with Crippen molar-refractivity contribution in [1.29, 1.82) is 0 Å². The van der Waals surface area contributed by atoms with Crippen LogP contribution >= 0.6 is 11.8 Å². The molecule has 106 valence electrons. The SMILES string of the molecule is COC(=O)c1occc1CNCCN1CCSCC1. The molecule has 1 saturated heterocycles. The average Bonchev–Trinajstić information content (AvgIpc) is 2.92. The molecule has 0 saturated carbocycles. The molecule has 2 heterocycles. The largest absolute Gasteiger partial charge is 0.463 e. The van der Waals surface area contributed by atoms with Crippen LogP contribution in [-0.4, -0.2) is 55.7 Å². The molecule has 0 radical (unpaired) electrons. The van der Waals surface area contributed by atoms with E-state index in [0.717, 1.165) is 18.7 Å². The molecule has 2 rings (SSSR count). The smallest absolute Gasteiger partial charge is 0.374 e. The van der Waals surface area contributed by atoms with Gasteiger partial charge in [0.25, 0.3) is 0 Å². The van der Waals surface area contributed by atoms with Gasteiger partial charge in [0.2, 0.25) is 5.76 Å². The molecular weight excluding hydrogens is 264 g/mol. The van der Waals surface area contributed by atoms with Crippen molar-refractivity contribution in [2.75, 3.05) is 44.8 Å². The van der Waals surface area contributed by atoms with Crippen LogP contribution in [0.2, 0.25) is 0 Å². The van der Waals surface area contributed by atoms with E-state index in [4.69, 9.17) is 4.42 Å². The summed E-state index contributed by atoms with van der Waals surface area (Å²) in [6, 6.07) is 1.80. The third-order valence-electron chi connectivity index (χ3n) is 3.14. The zero-order chi connectivity index (χ0) is 13.5. The van der Waals surface area contributed by atoms with Crippen LogP contribution in [0.5, 0.6) is 0 Å². The van der Waals surface area contributed by atoms with Crippen molar-refractivity contribution in [3.05, 3.63) is 23.7 Å². The molecule has 1 aromatic heterocycles. The van der Waals surface area contributed by atoms with Gasteiger partial charge >= 0.3 is 5.97 Å². The van der Waals surface area contributed by atoms with Gasteiger partial charge in [0.05, 0.1) is 13.4 Å². The summed E-state index contributed by atoms with van der Waals surface area (Å²) < 4.78 is 9.80. The summed E-state index contributed by atoms with van der Waals surface area (Å²) in [6.07, 6.45) is 1.52. The minimum absolute atomic E-state index is 0.296. The topological polar surface area (TPSA) is 54.7 Å². The Morgan fingerprint density at radius 1 is 1.53 bits per heavy atom. The van der Waals surface area contributed by atoms with Gasteiger partial charge in [-0.3, -0.25) is 0 Å². The Balaban J connectivity index is 1.70. The minimum atomic E-state index is -0.421. The first kappa shape index (κ1) is 14.4. The summed E-state index contributed by atoms with van der Waals surface area (Å²) in [5, 5.41) is 3.34. The second kappa shape index (κ2) is 7.57. The Hall–Kier alpha value is -0.980. The van der Waals surface area contributed by atoms with Gasteiger partial charge in [0, 0.05) is 49.8 Å². The van der Waals surface area contributed by atoms with Crippen molar-refractivity contribution >= 4 is 17.7 Å². The Bertz CT molecular complexity index is 402. The molecule has 0 spiro atoms. The average molecular weight is 284 g/mol. The van der Waals surface area contributed by atoms with E-state index in [1.807, 2.05) is 11.8 Å². The van der Waals surface area contributed by atoms with Crippen LogP contribution in [0.15, 0.2) is 16.7 Å². The maximum absolute atomic E-state index is 11.4. The molecule has 1 aliphatic heterocycles. The van der Waals surface area contributed by atoms with E-state index in [1.54, 1.807) is 6.07 Å². The lowest BCUT2D eigenvalue weighted by molar-refractivity contribution is 0.0563. The van der Waals surface area contributed by atoms with Crippen molar-refractivity contribution in [3.63, 3.8) is 0 Å². The summed E-state index contributed by atoms with van der Waals surface area (Å²) in [7, 11) is 1.36. The molecule has 0 amide bonds. The van der Waals surface area contributed by atoms with Crippen LogP contribution in [-0.2, 0) is 11.3 Å². The van der Waals surface area contributed by atoms with Crippen LogP contribution in [0.3, 0.4) is 0 Å². The van der Waals surface area contributed by atoms with E-state index >= 15 is 0 Å². The summed E-state index contributed by atoms with van der Waals surface area (Å²) in [5.41, 5.74) is 0.848. The first-order valence-electron chi connectivity index (χ1n) is 6.47. The highest BCUT2D eigenvalue weighted by molar-refractivity contribution is 7.99. The molecular formula is C13H20N2O3S. The van der Waals surface area contributed by atoms with E-state index in [0.29, 0.717) is 12.3 Å². The zero-order valence-corrected chi connectivity index (χ0v) is 12.0. The molecule has 19 heavy (non-hydrogen) atoms. The number of thioether (sulfide) groups is 1. The quantitative estimate of drug-likeness (QED) is 0.626. The summed E-state index contributed by atoms with van der Waals surface area (Å²) in [4.78, 5) is 13.9. The van der Waals surface area contributed by atoms with Crippen LogP contribution in [0.1, 0.15) is 16.1 Å². The van der Waals surface area contributed by atoms with Crippen LogP contribution in [0.4, 0.5) is 0 Å². The molecule has 1 fully saturated rings. The Kier molecular flexibility index (Phi) is 5.75. The lowest BCUT2D eigenvalue weighted by Gasteiger charge is -2.26. The van der Waals surface area contributed by atoms with Crippen molar-refractivity contribution in [1.82, 2.24) is 10.2 Å². The number of methoxy groups -OCH3 is 1. The number of furan rings is 1. The Labute approximate surface area is 117 Å². The number of esters is 1. The van der Waals surface area contributed by atoms with E-state index in [-0.39, 0.29) is 0 Å². The Morgan fingerprint density at radius 2 is 2.32 bits per heavy atom. The molecule has 0 unspecified atom stereocenters. The fourth-order valence-corrected chi connectivity index (χ4v) is 3.01. The third-order valence-corrected chi connectivity index (χ3v) is 4.08. The number of carbonyl (C=O) groups is 1. The van der Waals surface area contributed by atoms with Crippen molar-refractivity contribution in [2.45, 2.75) is 6.54 Å². The maximum Gasteiger partial charge on any atom is 0.374 e. The summed E-state index contributed by atoms with van der Waals surface area (Å²) in [5.74, 6) is 2.34. The van der Waals surface area contributed by atoms with Crippen molar-refractivity contribution in [3.8, 4) is 0 Å². The first-order chi connectivity index (χ1) is 9.31. The lowest BCUT2D eigenvalue weighted by Crippen LogP contribution is -2.37. The van der Waals surface area contributed by atoms with Crippen LogP contribution in [0, 0.1) is 0 Å². The molecule has 1 aromatic rings. The van der Waals surface area contributed by atoms with E-state index in [2.05, 4.69) is 15.0 Å². The number of nitrogens with zero attached hydrogens (tertiary/aromatic N) is 1. The monoisotopic (exact) mass is 284 g/mol. The second-order valence-electron chi connectivity index (χ2n) is 4.40. The number of hydrogen-bond acceptors (Lipinski definition) is 6. The molecule has 5 nitrogen and oxygen atoms in total. The predicted molar refractivity (Wildman–Crippen MR) is 75.5 cm³/mol. The van der Waals surface area contributed by atoms with Gasteiger partial charge in [-0.05, 0) is 6.07 Å². The summed E-state index contributed by atoms with van der Waals surface area (Å²) in [6.45, 7) is 4.93. The van der Waals surface area contributed by atoms with Crippen molar-refractivity contribution in [2.24, 2.45) is 0 Å². The number of rotatable bonds is 6. The number of hydrogen-bond donors (Lipinski definition) is 1. The Morgan fingerprint density at radius 3 is 3.05 bits per heavy atom. The third kappa shape index (κ3) is 4.26. The molecule has 1 aliphatic rings. The van der Waals surface area contributed by atoms with Crippen molar-refractivity contribution < 1.29 is 13.9 Å². The normalized spacial score (nSPS) is 16.5. The molecule has 0 atom stereocenters. The lowest BCUT2D eigenvalue weighted by atomic mass is 10.2. The molecule has 0 bridgehead atoms. The fourth-order valence-electron chi connectivity index (χ4n) is 2.03. The van der Waals surface area contributed by atoms with Gasteiger partial charge in [-0.2, -0.15) is 11.8 Å². The summed E-state index contributed by atoms with van der Waals surface area (Å²) >= 11 is 2.02. The number of nitrogens with one attached hydrogen (secondary N) is 1. The fraction of sp³-hybridized carbons (Fsp3) is 0.615. The molecule has 0 aromatic carbocycles. The van der Waals surface area contributed by atoms with Gasteiger partial charge in [0.15, 0.2) is 0 Å². The zero-order valence-electron chi connectivity index (χ0n) is 11.2. The van der Waals surface area contributed by atoms with Crippen LogP contribution < -0.4 is 5.32 Å². The van der Waals surface area contributed by atoms with Gasteiger partial charge in [-0.15, -0.1) is 0 Å². The first-order valence-corrected chi connectivity index (χ1v) is 7.62. The molecule has 6 heteroatoms. The van der Waals surface area contributed by atoms with Gasteiger partial charge in [-0.25, -0.2) is 4.79 Å². The van der Waals surface area contributed by atoms with Crippen LogP contribution in [0.25, 0.3) is 0 Å². The highest BCUT2D eigenvalue weighted by Crippen LogP contribution is 2.11. The number of carbonyl (C=O) groups excluding carboxylic acids is 1. The van der Waals surface area contributed by atoms with E-state index < -0.39 is 5.97 Å². The number of ether oxygens (including phenoxy) is 1. The van der Waals surface area contributed by atoms with E-state index in [1.165, 1.54) is 38.0 Å². The predicted octanol–water partition coefficient (Wildman–Crippen LogP) is 1.20. The highest BCUT2D eigenvalue weighted by Gasteiger charge is 2.15.